The van der Waals surface area contributed by atoms with E-state index in [1.807, 2.05) is 0 Å². The van der Waals surface area contributed by atoms with E-state index >= 15 is 0 Å². The molecule has 0 saturated heterocycles. The summed E-state index contributed by atoms with van der Waals surface area (Å²) in [6, 6.07) is 6.01. The number of aromatic carboxylic acids is 1. The Bertz CT molecular complexity index is 752. The third-order valence-corrected chi connectivity index (χ3v) is 2.88. The summed E-state index contributed by atoms with van der Waals surface area (Å²) >= 11 is 0. The van der Waals surface area contributed by atoms with E-state index in [-0.39, 0.29) is 5.56 Å². The smallest absolute Gasteiger partial charge is 0.341 e. The van der Waals surface area contributed by atoms with Gasteiger partial charge >= 0.3 is 5.97 Å². The maximum absolute atomic E-state index is 12.2. The van der Waals surface area contributed by atoms with Gasteiger partial charge in [0.1, 0.15) is 5.56 Å². The van der Waals surface area contributed by atoms with E-state index < -0.39 is 11.5 Å². The van der Waals surface area contributed by atoms with Gasteiger partial charge < -0.3 is 14.6 Å². The predicted molar refractivity (Wildman–Crippen MR) is 74.6 cm³/mol. The molecule has 2 rings (SSSR count). The average molecular weight is 290 g/mol. The molecule has 2 aromatic rings. The number of aryl methyl sites for hydroxylation is 1. The highest BCUT2D eigenvalue weighted by Gasteiger charge is 2.15. The van der Waals surface area contributed by atoms with Crippen molar-refractivity contribution in [3.8, 4) is 17.2 Å². The summed E-state index contributed by atoms with van der Waals surface area (Å²) in [6.07, 6.45) is 0. The molecular formula is C14H14N2O5. The first kappa shape index (κ1) is 14.6. The lowest BCUT2D eigenvalue weighted by atomic mass is 10.2. The molecule has 1 N–H and O–H groups in total. The Morgan fingerprint density at radius 3 is 2.43 bits per heavy atom. The lowest BCUT2D eigenvalue weighted by Crippen LogP contribution is -2.27. The molecule has 0 aliphatic rings. The molecule has 0 atom stereocenters. The minimum atomic E-state index is -1.29. The van der Waals surface area contributed by atoms with Gasteiger partial charge in [-0.25, -0.2) is 4.79 Å². The second-order valence-corrected chi connectivity index (χ2v) is 4.26. The van der Waals surface area contributed by atoms with Crippen molar-refractivity contribution >= 4 is 5.97 Å². The van der Waals surface area contributed by atoms with Gasteiger partial charge in [-0.15, -0.1) is 0 Å². The molecule has 0 bridgehead atoms. The van der Waals surface area contributed by atoms with Crippen LogP contribution in [0.25, 0.3) is 5.69 Å². The number of rotatable bonds is 4. The first-order chi connectivity index (χ1) is 9.97. The zero-order valence-electron chi connectivity index (χ0n) is 11.8. The minimum absolute atomic E-state index is 0.336. The number of nitrogens with zero attached hydrogens (tertiary/aromatic N) is 2. The second-order valence-electron chi connectivity index (χ2n) is 4.26. The van der Waals surface area contributed by atoms with Crippen molar-refractivity contribution < 1.29 is 19.4 Å². The molecule has 21 heavy (non-hydrogen) atoms. The number of carboxylic acids is 1. The third-order valence-electron chi connectivity index (χ3n) is 2.88. The van der Waals surface area contributed by atoms with Crippen LogP contribution in [0.2, 0.25) is 0 Å². The monoisotopic (exact) mass is 290 g/mol. The molecule has 1 heterocycles. The van der Waals surface area contributed by atoms with Crippen LogP contribution in [0, 0.1) is 6.92 Å². The first-order valence-corrected chi connectivity index (χ1v) is 6.04. The Kier molecular flexibility index (Phi) is 3.93. The molecule has 0 unspecified atom stereocenters. The average Bonchev–Trinajstić information content (AvgIpc) is 2.48. The number of carboxylic acid groups (broad SMARTS) is 1. The van der Waals surface area contributed by atoms with E-state index in [2.05, 4.69) is 5.10 Å². The fourth-order valence-electron chi connectivity index (χ4n) is 1.90. The van der Waals surface area contributed by atoms with E-state index in [0.717, 1.165) is 4.68 Å². The lowest BCUT2D eigenvalue weighted by molar-refractivity contribution is 0.0694. The summed E-state index contributed by atoms with van der Waals surface area (Å²) in [7, 11) is 2.97. The van der Waals surface area contributed by atoms with Crippen LogP contribution >= 0.6 is 0 Å². The Balaban J connectivity index is 2.67. The van der Waals surface area contributed by atoms with Gasteiger partial charge in [0.2, 0.25) is 0 Å². The first-order valence-electron chi connectivity index (χ1n) is 6.04. The number of hydrogen-bond acceptors (Lipinski definition) is 5. The van der Waals surface area contributed by atoms with Crippen LogP contribution in [-0.4, -0.2) is 35.1 Å². The number of ether oxygens (including phenoxy) is 2. The number of carbonyl (C=O) groups is 1. The maximum atomic E-state index is 12.2. The van der Waals surface area contributed by atoms with E-state index in [9.17, 15) is 9.59 Å². The zero-order chi connectivity index (χ0) is 15.6. The van der Waals surface area contributed by atoms with Crippen LogP contribution < -0.4 is 15.0 Å². The van der Waals surface area contributed by atoms with Gasteiger partial charge in [-0.1, -0.05) is 0 Å². The summed E-state index contributed by atoms with van der Waals surface area (Å²) in [5.41, 5.74) is -0.233. The van der Waals surface area contributed by atoms with E-state index in [0.29, 0.717) is 22.9 Å². The van der Waals surface area contributed by atoms with Crippen molar-refractivity contribution in [3.05, 3.63) is 45.9 Å². The highest BCUT2D eigenvalue weighted by molar-refractivity contribution is 5.87. The fraction of sp³-hybridized carbons (Fsp3) is 0.214. The minimum Gasteiger partial charge on any atom is -0.493 e. The van der Waals surface area contributed by atoms with Crippen molar-refractivity contribution in [3.63, 3.8) is 0 Å². The molecule has 0 fully saturated rings. The third kappa shape index (κ3) is 2.71. The number of benzene rings is 1. The lowest BCUT2D eigenvalue weighted by Gasteiger charge is -2.11. The molecule has 0 spiro atoms. The van der Waals surface area contributed by atoms with Crippen molar-refractivity contribution in [2.75, 3.05) is 14.2 Å². The van der Waals surface area contributed by atoms with Crippen molar-refractivity contribution in [1.82, 2.24) is 9.78 Å². The Morgan fingerprint density at radius 2 is 1.86 bits per heavy atom. The molecule has 0 aliphatic heterocycles. The standard InChI is InChI=1S/C14H14N2O5/c1-8-6-10(14(18)19)13(17)16(15-8)9-4-5-11(20-2)12(7-9)21-3/h4-7H,1-3H3,(H,18,19). The summed E-state index contributed by atoms with van der Waals surface area (Å²) in [5.74, 6) is -0.373. The number of methoxy groups -OCH3 is 2. The molecule has 0 saturated carbocycles. The van der Waals surface area contributed by atoms with Gasteiger partial charge in [0, 0.05) is 6.07 Å². The Labute approximate surface area is 120 Å². The van der Waals surface area contributed by atoms with Gasteiger partial charge in [0.15, 0.2) is 11.5 Å². The Hall–Kier alpha value is -2.83. The van der Waals surface area contributed by atoms with Crippen LogP contribution in [-0.2, 0) is 0 Å². The van der Waals surface area contributed by atoms with Crippen LogP contribution in [0.1, 0.15) is 16.1 Å². The summed E-state index contributed by atoms with van der Waals surface area (Å²) in [5, 5.41) is 13.1. The summed E-state index contributed by atoms with van der Waals surface area (Å²) < 4.78 is 11.3. The summed E-state index contributed by atoms with van der Waals surface area (Å²) in [6.45, 7) is 1.61. The van der Waals surface area contributed by atoms with Crippen molar-refractivity contribution in [2.24, 2.45) is 0 Å². The van der Waals surface area contributed by atoms with Gasteiger partial charge in [0.05, 0.1) is 25.6 Å². The second kappa shape index (κ2) is 5.66. The van der Waals surface area contributed by atoms with E-state index in [1.54, 1.807) is 25.1 Å². The molecule has 7 nitrogen and oxygen atoms in total. The highest BCUT2D eigenvalue weighted by atomic mass is 16.5. The van der Waals surface area contributed by atoms with Gasteiger partial charge in [-0.05, 0) is 25.1 Å². The highest BCUT2D eigenvalue weighted by Crippen LogP contribution is 2.28. The van der Waals surface area contributed by atoms with Gasteiger partial charge in [-0.2, -0.15) is 9.78 Å². The maximum Gasteiger partial charge on any atom is 0.341 e. The van der Waals surface area contributed by atoms with Crippen LogP contribution in [0.15, 0.2) is 29.1 Å². The number of hydrogen-bond donors (Lipinski definition) is 1. The molecule has 0 radical (unpaired) electrons. The molecule has 1 aromatic carbocycles. The van der Waals surface area contributed by atoms with Gasteiger partial charge in [-0.3, -0.25) is 4.79 Å². The van der Waals surface area contributed by atoms with E-state index in [1.165, 1.54) is 20.3 Å². The van der Waals surface area contributed by atoms with Gasteiger partial charge in [0.25, 0.3) is 5.56 Å². The van der Waals surface area contributed by atoms with Crippen LogP contribution in [0.3, 0.4) is 0 Å². The molecule has 110 valence electrons. The molecule has 7 heteroatoms. The van der Waals surface area contributed by atoms with Crippen molar-refractivity contribution in [2.45, 2.75) is 6.92 Å². The topological polar surface area (TPSA) is 90.7 Å². The largest absolute Gasteiger partial charge is 0.493 e. The van der Waals surface area contributed by atoms with E-state index in [4.69, 9.17) is 14.6 Å². The normalized spacial score (nSPS) is 10.2. The van der Waals surface area contributed by atoms with Crippen LogP contribution in [0.5, 0.6) is 11.5 Å². The quantitative estimate of drug-likeness (QED) is 0.911. The number of aromatic nitrogens is 2. The fourth-order valence-corrected chi connectivity index (χ4v) is 1.90. The predicted octanol–water partition coefficient (Wildman–Crippen LogP) is 1.26. The molecule has 0 amide bonds. The molecule has 0 aliphatic carbocycles. The Morgan fingerprint density at radius 1 is 1.19 bits per heavy atom. The molecular weight excluding hydrogens is 276 g/mol. The van der Waals surface area contributed by atoms with Crippen molar-refractivity contribution in [1.29, 1.82) is 0 Å². The molecule has 1 aromatic heterocycles. The SMILES string of the molecule is COc1ccc(-n2nc(C)cc(C(=O)O)c2=O)cc1OC. The zero-order valence-corrected chi connectivity index (χ0v) is 11.8. The summed E-state index contributed by atoms with van der Waals surface area (Å²) in [4.78, 5) is 23.3. The van der Waals surface area contributed by atoms with Crippen LogP contribution in [0.4, 0.5) is 0 Å².